The van der Waals surface area contributed by atoms with Gasteiger partial charge < -0.3 is 5.73 Å². The fraction of sp³-hybridized carbons (Fsp3) is 0.750. The highest BCUT2D eigenvalue weighted by Gasteiger charge is 1.84. The Bertz CT molecular complexity index is 62.7. The zero-order chi connectivity index (χ0) is 5.70. The van der Waals surface area contributed by atoms with Crippen molar-refractivity contribution < 1.29 is 0 Å². The third-order valence-electron chi connectivity index (χ3n) is 0.576. The number of hydrogen-bond donors (Lipinski definition) is 2. The summed E-state index contributed by atoms with van der Waals surface area (Å²) in [6.45, 7) is 0. The van der Waals surface area contributed by atoms with Gasteiger partial charge in [0, 0.05) is 6.42 Å². The molecule has 0 amide bonds. The summed E-state index contributed by atoms with van der Waals surface area (Å²) in [7, 11) is 0. The minimum atomic E-state index is 0.286. The van der Waals surface area contributed by atoms with Gasteiger partial charge in [0.2, 0.25) is 0 Å². The molecule has 7 heavy (non-hydrogen) atoms. The molecule has 0 heterocycles. The molecule has 0 aliphatic heterocycles. The predicted molar refractivity (Wildman–Crippen MR) is 34.9 cm³/mol. The zero-order valence-corrected chi connectivity index (χ0v) is 5.22. The summed E-state index contributed by atoms with van der Waals surface area (Å²) in [5.41, 5.74) is 5.05. The Morgan fingerprint density at radius 1 is 1.86 bits per heavy atom. The van der Waals surface area contributed by atoms with Crippen LogP contribution >= 0.6 is 11.8 Å². The van der Waals surface area contributed by atoms with Crippen LogP contribution in [0.2, 0.25) is 0 Å². The standard InChI is InChI=1S/C4H10N2S/c1-7-3-2-4(5)6/h2-3H2,1H3,(H3,5,6). The molecule has 0 aromatic rings. The highest BCUT2D eigenvalue weighted by Crippen LogP contribution is 1.92. The van der Waals surface area contributed by atoms with Crippen molar-refractivity contribution in [2.45, 2.75) is 6.42 Å². The molecule has 2 nitrogen and oxygen atoms in total. The molecule has 0 atom stereocenters. The summed E-state index contributed by atoms with van der Waals surface area (Å²) in [5.74, 6) is 1.25. The molecule has 0 saturated carbocycles. The van der Waals surface area contributed by atoms with Crippen LogP contribution in [0.4, 0.5) is 0 Å². The molecule has 3 N–H and O–H groups in total. The fourth-order valence-corrected chi connectivity index (χ4v) is 0.636. The van der Waals surface area contributed by atoms with Crippen LogP contribution in [0.3, 0.4) is 0 Å². The van der Waals surface area contributed by atoms with Gasteiger partial charge in [-0.2, -0.15) is 11.8 Å². The van der Waals surface area contributed by atoms with E-state index in [1.807, 2.05) is 6.26 Å². The monoisotopic (exact) mass is 118 g/mol. The number of hydrogen-bond acceptors (Lipinski definition) is 2. The van der Waals surface area contributed by atoms with Crippen LogP contribution in [0, 0.1) is 5.41 Å². The van der Waals surface area contributed by atoms with E-state index in [0.717, 1.165) is 12.2 Å². The molecular weight excluding hydrogens is 108 g/mol. The smallest absolute Gasteiger partial charge is 0.0913 e. The van der Waals surface area contributed by atoms with Gasteiger partial charge in [0.1, 0.15) is 0 Å². The highest BCUT2D eigenvalue weighted by atomic mass is 32.2. The lowest BCUT2D eigenvalue weighted by Crippen LogP contribution is -2.09. The molecule has 0 aliphatic carbocycles. The number of thioether (sulfide) groups is 1. The van der Waals surface area contributed by atoms with Gasteiger partial charge >= 0.3 is 0 Å². The summed E-state index contributed by atoms with van der Waals surface area (Å²) in [6, 6.07) is 0. The Balaban J connectivity index is 2.82. The molecule has 0 radical (unpaired) electrons. The Morgan fingerprint density at radius 2 is 2.43 bits per heavy atom. The Labute approximate surface area is 48.0 Å². The van der Waals surface area contributed by atoms with E-state index in [9.17, 15) is 0 Å². The van der Waals surface area contributed by atoms with E-state index in [2.05, 4.69) is 0 Å². The van der Waals surface area contributed by atoms with Crippen molar-refractivity contribution in [2.75, 3.05) is 12.0 Å². The van der Waals surface area contributed by atoms with Gasteiger partial charge in [0.25, 0.3) is 0 Å². The van der Waals surface area contributed by atoms with Crippen LogP contribution < -0.4 is 5.73 Å². The van der Waals surface area contributed by atoms with Gasteiger partial charge in [-0.15, -0.1) is 0 Å². The third kappa shape index (κ3) is 5.82. The maximum absolute atomic E-state index is 6.76. The maximum Gasteiger partial charge on any atom is 0.0913 e. The largest absolute Gasteiger partial charge is 0.388 e. The predicted octanol–water partition coefficient (Wildman–Crippen LogP) is 0.675. The molecule has 42 valence electrons. The van der Waals surface area contributed by atoms with Gasteiger partial charge in [0.05, 0.1) is 5.84 Å². The summed E-state index contributed by atoms with van der Waals surface area (Å²) < 4.78 is 0. The van der Waals surface area contributed by atoms with Crippen LogP contribution in [0.15, 0.2) is 0 Å². The summed E-state index contributed by atoms with van der Waals surface area (Å²) in [5, 5.41) is 6.76. The molecule has 0 aromatic heterocycles. The third-order valence-corrected chi connectivity index (χ3v) is 1.19. The number of rotatable bonds is 3. The molecule has 0 bridgehead atoms. The fourth-order valence-electron chi connectivity index (χ4n) is 0.212. The SMILES string of the molecule is CSCCC(=N)N. The van der Waals surface area contributed by atoms with Crippen LogP contribution in [-0.4, -0.2) is 17.8 Å². The first-order valence-electron chi connectivity index (χ1n) is 2.09. The first kappa shape index (κ1) is 6.82. The quantitative estimate of drug-likeness (QED) is 0.423. The van der Waals surface area contributed by atoms with Crippen molar-refractivity contribution in [3.05, 3.63) is 0 Å². The van der Waals surface area contributed by atoms with Crippen molar-refractivity contribution in [3.63, 3.8) is 0 Å². The number of amidine groups is 1. The van der Waals surface area contributed by atoms with E-state index in [-0.39, 0.29) is 5.84 Å². The first-order valence-corrected chi connectivity index (χ1v) is 3.48. The number of nitrogens with two attached hydrogens (primary N) is 1. The minimum Gasteiger partial charge on any atom is -0.388 e. The van der Waals surface area contributed by atoms with Crippen molar-refractivity contribution in [3.8, 4) is 0 Å². The van der Waals surface area contributed by atoms with E-state index in [1.54, 1.807) is 11.8 Å². The van der Waals surface area contributed by atoms with Crippen LogP contribution in [-0.2, 0) is 0 Å². The van der Waals surface area contributed by atoms with Crippen LogP contribution in [0.25, 0.3) is 0 Å². The first-order chi connectivity index (χ1) is 3.27. The molecule has 0 fully saturated rings. The van der Waals surface area contributed by atoms with Gasteiger partial charge in [-0.1, -0.05) is 0 Å². The van der Waals surface area contributed by atoms with E-state index >= 15 is 0 Å². The van der Waals surface area contributed by atoms with E-state index in [0.29, 0.717) is 0 Å². The summed E-state index contributed by atoms with van der Waals surface area (Å²) in [6.07, 6.45) is 2.73. The zero-order valence-electron chi connectivity index (χ0n) is 4.40. The van der Waals surface area contributed by atoms with Crippen LogP contribution in [0.5, 0.6) is 0 Å². The molecule has 0 saturated heterocycles. The minimum absolute atomic E-state index is 0.286. The van der Waals surface area contributed by atoms with Crippen LogP contribution in [0.1, 0.15) is 6.42 Å². The summed E-state index contributed by atoms with van der Waals surface area (Å²) in [4.78, 5) is 0. The average molecular weight is 118 g/mol. The van der Waals surface area contributed by atoms with Crippen molar-refractivity contribution in [1.29, 1.82) is 5.41 Å². The van der Waals surface area contributed by atoms with E-state index < -0.39 is 0 Å². The lowest BCUT2D eigenvalue weighted by atomic mass is 10.5. The Hall–Kier alpha value is -0.180. The second-order valence-electron chi connectivity index (χ2n) is 1.27. The van der Waals surface area contributed by atoms with Gasteiger partial charge in [-0.25, -0.2) is 0 Å². The molecule has 0 spiro atoms. The Morgan fingerprint density at radius 3 is 2.57 bits per heavy atom. The molecular formula is C4H10N2S. The number of nitrogens with one attached hydrogen (secondary N) is 1. The van der Waals surface area contributed by atoms with Crippen molar-refractivity contribution >= 4 is 17.6 Å². The lowest BCUT2D eigenvalue weighted by molar-refractivity contribution is 1.23. The maximum atomic E-state index is 6.76. The molecule has 0 aromatic carbocycles. The van der Waals surface area contributed by atoms with E-state index in [1.165, 1.54) is 0 Å². The lowest BCUT2D eigenvalue weighted by Gasteiger charge is -1.90. The molecule has 0 aliphatic rings. The average Bonchev–Trinajstić information content (AvgIpc) is 1.61. The van der Waals surface area contributed by atoms with Crippen molar-refractivity contribution in [2.24, 2.45) is 5.73 Å². The molecule has 0 rings (SSSR count). The molecule has 3 heteroatoms. The highest BCUT2D eigenvalue weighted by molar-refractivity contribution is 7.98. The molecule has 0 unspecified atom stereocenters. The van der Waals surface area contributed by atoms with E-state index in [4.69, 9.17) is 11.1 Å². The van der Waals surface area contributed by atoms with Gasteiger partial charge in [-0.3, -0.25) is 5.41 Å². The second kappa shape index (κ2) is 3.99. The topological polar surface area (TPSA) is 49.9 Å². The Kier molecular flexibility index (Phi) is 3.89. The normalized spacial score (nSPS) is 8.71. The second-order valence-corrected chi connectivity index (χ2v) is 2.25. The van der Waals surface area contributed by atoms with Crippen molar-refractivity contribution in [1.82, 2.24) is 0 Å². The van der Waals surface area contributed by atoms with Gasteiger partial charge in [-0.05, 0) is 12.0 Å². The van der Waals surface area contributed by atoms with Gasteiger partial charge in [0.15, 0.2) is 0 Å². The summed E-state index contributed by atoms with van der Waals surface area (Å²) >= 11 is 1.71.